The first-order valence-corrected chi connectivity index (χ1v) is 3.99. The SMILES string of the molecule is CCN(C)c1ccc(NO)cc1. The molecule has 0 aliphatic heterocycles. The smallest absolute Gasteiger partial charge is 0.0603 e. The molecule has 12 heavy (non-hydrogen) atoms. The summed E-state index contributed by atoms with van der Waals surface area (Å²) in [7, 11) is 2.03. The Morgan fingerprint density at radius 2 is 1.92 bits per heavy atom. The first-order chi connectivity index (χ1) is 5.77. The molecule has 1 aromatic carbocycles. The summed E-state index contributed by atoms with van der Waals surface area (Å²) < 4.78 is 0. The van der Waals surface area contributed by atoms with E-state index in [1.807, 2.05) is 31.3 Å². The van der Waals surface area contributed by atoms with E-state index < -0.39 is 0 Å². The summed E-state index contributed by atoms with van der Waals surface area (Å²) in [6, 6.07) is 7.59. The molecule has 3 nitrogen and oxygen atoms in total. The van der Waals surface area contributed by atoms with Gasteiger partial charge in [-0.2, -0.15) is 0 Å². The molecular weight excluding hydrogens is 152 g/mol. The predicted octanol–water partition coefficient (Wildman–Crippen LogP) is 1.94. The van der Waals surface area contributed by atoms with Crippen LogP contribution in [0.2, 0.25) is 0 Å². The summed E-state index contributed by atoms with van der Waals surface area (Å²) in [5, 5.41) is 8.56. The van der Waals surface area contributed by atoms with Crippen LogP contribution in [-0.2, 0) is 0 Å². The van der Waals surface area contributed by atoms with Gasteiger partial charge in [0, 0.05) is 19.3 Å². The Bertz CT molecular complexity index is 233. The van der Waals surface area contributed by atoms with Crippen molar-refractivity contribution in [3.8, 4) is 0 Å². The van der Waals surface area contributed by atoms with Crippen molar-refractivity contribution in [2.75, 3.05) is 24.0 Å². The normalized spacial score (nSPS) is 9.58. The monoisotopic (exact) mass is 166 g/mol. The number of benzene rings is 1. The second-order valence-electron chi connectivity index (χ2n) is 2.67. The van der Waals surface area contributed by atoms with Crippen molar-refractivity contribution in [2.45, 2.75) is 6.92 Å². The molecule has 1 rings (SSSR count). The van der Waals surface area contributed by atoms with Gasteiger partial charge in [-0.25, -0.2) is 0 Å². The van der Waals surface area contributed by atoms with Crippen molar-refractivity contribution in [1.82, 2.24) is 0 Å². The van der Waals surface area contributed by atoms with Crippen molar-refractivity contribution in [2.24, 2.45) is 0 Å². The van der Waals surface area contributed by atoms with Crippen molar-refractivity contribution in [1.29, 1.82) is 0 Å². The average molecular weight is 166 g/mol. The van der Waals surface area contributed by atoms with Crippen molar-refractivity contribution in [3.05, 3.63) is 24.3 Å². The molecule has 0 fully saturated rings. The van der Waals surface area contributed by atoms with E-state index in [4.69, 9.17) is 5.21 Å². The Morgan fingerprint density at radius 3 is 2.33 bits per heavy atom. The number of anilines is 2. The predicted molar refractivity (Wildman–Crippen MR) is 50.8 cm³/mol. The molecule has 3 heteroatoms. The fourth-order valence-corrected chi connectivity index (χ4v) is 0.973. The molecule has 0 unspecified atom stereocenters. The molecule has 0 aliphatic rings. The van der Waals surface area contributed by atoms with E-state index in [1.165, 1.54) is 0 Å². The second kappa shape index (κ2) is 3.97. The number of nitrogens with zero attached hydrogens (tertiary/aromatic N) is 1. The molecule has 0 aromatic heterocycles. The van der Waals surface area contributed by atoms with E-state index in [0.29, 0.717) is 5.69 Å². The van der Waals surface area contributed by atoms with E-state index in [2.05, 4.69) is 17.3 Å². The third-order valence-electron chi connectivity index (χ3n) is 1.91. The molecule has 0 amide bonds. The van der Waals surface area contributed by atoms with E-state index in [-0.39, 0.29) is 0 Å². The molecule has 66 valence electrons. The molecule has 0 spiro atoms. The van der Waals surface area contributed by atoms with Crippen LogP contribution in [0.5, 0.6) is 0 Å². The zero-order chi connectivity index (χ0) is 8.97. The molecule has 1 aromatic rings. The Kier molecular flexibility index (Phi) is 2.94. The molecule has 0 saturated heterocycles. The van der Waals surface area contributed by atoms with Gasteiger partial charge >= 0.3 is 0 Å². The van der Waals surface area contributed by atoms with Gasteiger partial charge in [0.1, 0.15) is 0 Å². The Labute approximate surface area is 72.6 Å². The lowest BCUT2D eigenvalue weighted by atomic mass is 10.2. The van der Waals surface area contributed by atoms with E-state index >= 15 is 0 Å². The highest BCUT2D eigenvalue weighted by Crippen LogP contribution is 2.15. The van der Waals surface area contributed by atoms with Gasteiger partial charge in [-0.15, -0.1) is 0 Å². The molecule has 0 radical (unpaired) electrons. The molecule has 0 atom stereocenters. The van der Waals surface area contributed by atoms with Crippen LogP contribution in [0, 0.1) is 0 Å². The summed E-state index contributed by atoms with van der Waals surface area (Å²) in [4.78, 5) is 2.13. The molecule has 0 aliphatic carbocycles. The van der Waals surface area contributed by atoms with Crippen molar-refractivity contribution >= 4 is 11.4 Å². The lowest BCUT2D eigenvalue weighted by Crippen LogP contribution is -2.15. The lowest BCUT2D eigenvalue weighted by Gasteiger charge is -2.16. The number of hydrogen-bond acceptors (Lipinski definition) is 3. The number of hydrogen-bond donors (Lipinski definition) is 2. The third-order valence-corrected chi connectivity index (χ3v) is 1.91. The third kappa shape index (κ3) is 1.89. The van der Waals surface area contributed by atoms with E-state index in [0.717, 1.165) is 12.2 Å². The molecule has 0 bridgehead atoms. The highest BCUT2D eigenvalue weighted by molar-refractivity contribution is 5.53. The highest BCUT2D eigenvalue weighted by Gasteiger charge is 1.96. The molecular formula is C9H14N2O. The van der Waals surface area contributed by atoms with Crippen LogP contribution in [0.3, 0.4) is 0 Å². The first-order valence-electron chi connectivity index (χ1n) is 3.99. The molecule has 2 N–H and O–H groups in total. The summed E-state index contributed by atoms with van der Waals surface area (Å²) in [5.74, 6) is 0. The van der Waals surface area contributed by atoms with Crippen molar-refractivity contribution < 1.29 is 5.21 Å². The fraction of sp³-hybridized carbons (Fsp3) is 0.333. The lowest BCUT2D eigenvalue weighted by molar-refractivity contribution is 0.389. The van der Waals surface area contributed by atoms with E-state index in [1.54, 1.807) is 0 Å². The maximum absolute atomic E-state index is 8.56. The van der Waals surface area contributed by atoms with Crippen LogP contribution in [-0.4, -0.2) is 18.8 Å². The van der Waals surface area contributed by atoms with Crippen LogP contribution in [0.15, 0.2) is 24.3 Å². The van der Waals surface area contributed by atoms with Crippen molar-refractivity contribution in [3.63, 3.8) is 0 Å². The van der Waals surface area contributed by atoms with Gasteiger partial charge in [-0.3, -0.25) is 10.7 Å². The number of rotatable bonds is 3. The maximum atomic E-state index is 8.56. The minimum Gasteiger partial charge on any atom is -0.375 e. The van der Waals surface area contributed by atoms with Crippen LogP contribution >= 0.6 is 0 Å². The Morgan fingerprint density at radius 1 is 1.33 bits per heavy atom. The summed E-state index contributed by atoms with van der Waals surface area (Å²) >= 11 is 0. The fourth-order valence-electron chi connectivity index (χ4n) is 0.973. The average Bonchev–Trinajstić information content (AvgIpc) is 2.17. The van der Waals surface area contributed by atoms with Crippen LogP contribution in [0.4, 0.5) is 11.4 Å². The largest absolute Gasteiger partial charge is 0.375 e. The zero-order valence-corrected chi connectivity index (χ0v) is 7.41. The molecule has 0 saturated carbocycles. The van der Waals surface area contributed by atoms with Gasteiger partial charge in [-0.05, 0) is 31.2 Å². The first kappa shape index (κ1) is 8.87. The Hall–Kier alpha value is -1.22. The van der Waals surface area contributed by atoms with Gasteiger partial charge < -0.3 is 4.90 Å². The standard InChI is InChI=1S/C9H14N2O/c1-3-11(2)9-6-4-8(10-12)5-7-9/h4-7,10,12H,3H2,1-2H3. The van der Waals surface area contributed by atoms with E-state index in [9.17, 15) is 0 Å². The van der Waals surface area contributed by atoms with Gasteiger partial charge in [0.15, 0.2) is 0 Å². The minimum absolute atomic E-state index is 0.711. The van der Waals surface area contributed by atoms with Crippen LogP contribution in [0.1, 0.15) is 6.92 Å². The summed E-state index contributed by atoms with van der Waals surface area (Å²) in [6.07, 6.45) is 0. The summed E-state index contributed by atoms with van der Waals surface area (Å²) in [5.41, 5.74) is 3.95. The Balaban J connectivity index is 2.77. The van der Waals surface area contributed by atoms with Crippen LogP contribution < -0.4 is 10.4 Å². The topological polar surface area (TPSA) is 35.5 Å². The maximum Gasteiger partial charge on any atom is 0.0603 e. The van der Waals surface area contributed by atoms with Gasteiger partial charge in [0.25, 0.3) is 0 Å². The number of nitrogens with one attached hydrogen (secondary N) is 1. The van der Waals surface area contributed by atoms with Crippen LogP contribution in [0.25, 0.3) is 0 Å². The molecule has 0 heterocycles. The zero-order valence-electron chi connectivity index (χ0n) is 7.41. The van der Waals surface area contributed by atoms with Gasteiger partial charge in [0.2, 0.25) is 0 Å². The second-order valence-corrected chi connectivity index (χ2v) is 2.67. The highest BCUT2D eigenvalue weighted by atomic mass is 16.5. The van der Waals surface area contributed by atoms with Gasteiger partial charge in [0.05, 0.1) is 5.69 Å². The quantitative estimate of drug-likeness (QED) is 0.673. The van der Waals surface area contributed by atoms with Gasteiger partial charge in [-0.1, -0.05) is 0 Å². The minimum atomic E-state index is 0.711. The summed E-state index contributed by atoms with van der Waals surface area (Å²) in [6.45, 7) is 3.07.